The molecule has 0 amide bonds. The van der Waals surface area contributed by atoms with Crippen molar-refractivity contribution in [1.29, 1.82) is 0 Å². The molecule has 2 heteroatoms. The molecule has 2 rings (SSSR count). The van der Waals surface area contributed by atoms with Crippen LogP contribution in [0.5, 0.6) is 0 Å². The van der Waals surface area contributed by atoms with Crippen molar-refractivity contribution in [2.24, 2.45) is 5.73 Å². The lowest BCUT2D eigenvalue weighted by atomic mass is 10.3. The minimum Gasteiger partial charge on any atom is -0.333 e. The van der Waals surface area contributed by atoms with Crippen LogP contribution in [0.2, 0.25) is 0 Å². The van der Waals surface area contributed by atoms with E-state index in [9.17, 15) is 0 Å². The van der Waals surface area contributed by atoms with Gasteiger partial charge in [0, 0.05) is 18.1 Å². The Hall–Kier alpha value is -1.54. The van der Waals surface area contributed by atoms with Crippen molar-refractivity contribution in [3.63, 3.8) is 0 Å². The van der Waals surface area contributed by atoms with Crippen molar-refractivity contribution < 1.29 is 0 Å². The Morgan fingerprint density at radius 1 is 0.846 bits per heavy atom. The van der Waals surface area contributed by atoms with E-state index in [2.05, 4.69) is 22.4 Å². The standard InChI is InChI=1S/C10H9N.CH5N/c1-2-6-10(7-3-1)11-8-4-5-9-11;1-2/h1-9H;2H2,1H3. The molecule has 0 fully saturated rings. The largest absolute Gasteiger partial charge is 0.333 e. The summed E-state index contributed by atoms with van der Waals surface area (Å²) in [4.78, 5) is 0. The van der Waals surface area contributed by atoms with Gasteiger partial charge in [-0.15, -0.1) is 0 Å². The van der Waals surface area contributed by atoms with Crippen LogP contribution in [-0.2, 0) is 0 Å². The Balaban J connectivity index is 0.000000396. The van der Waals surface area contributed by atoms with Crippen molar-refractivity contribution in [3.05, 3.63) is 54.9 Å². The summed E-state index contributed by atoms with van der Waals surface area (Å²) >= 11 is 0. The quantitative estimate of drug-likeness (QED) is 0.704. The van der Waals surface area contributed by atoms with Gasteiger partial charge in [-0.05, 0) is 31.3 Å². The average molecular weight is 174 g/mol. The van der Waals surface area contributed by atoms with Gasteiger partial charge in [-0.3, -0.25) is 0 Å². The van der Waals surface area contributed by atoms with E-state index in [1.54, 1.807) is 0 Å². The van der Waals surface area contributed by atoms with Crippen LogP contribution < -0.4 is 5.73 Å². The number of hydrogen-bond donors (Lipinski definition) is 1. The third kappa shape index (κ3) is 2.46. The van der Waals surface area contributed by atoms with E-state index in [0.29, 0.717) is 0 Å². The monoisotopic (exact) mass is 174 g/mol. The first-order valence-electron chi connectivity index (χ1n) is 4.23. The number of benzene rings is 1. The average Bonchev–Trinajstić information content (AvgIpc) is 2.75. The molecule has 2 aromatic rings. The molecular formula is C11H14N2. The summed E-state index contributed by atoms with van der Waals surface area (Å²) in [6, 6.07) is 14.3. The second-order valence-electron chi connectivity index (χ2n) is 2.43. The van der Waals surface area contributed by atoms with Crippen LogP contribution in [0.1, 0.15) is 0 Å². The van der Waals surface area contributed by atoms with Gasteiger partial charge in [-0.2, -0.15) is 0 Å². The fraction of sp³-hybridized carbons (Fsp3) is 0.0909. The number of para-hydroxylation sites is 1. The minimum atomic E-state index is 1.21. The minimum absolute atomic E-state index is 1.21. The topological polar surface area (TPSA) is 30.9 Å². The van der Waals surface area contributed by atoms with Gasteiger partial charge >= 0.3 is 0 Å². The van der Waals surface area contributed by atoms with E-state index in [0.717, 1.165) is 0 Å². The second-order valence-corrected chi connectivity index (χ2v) is 2.43. The Morgan fingerprint density at radius 2 is 1.38 bits per heavy atom. The SMILES string of the molecule is CN.c1ccc(-n2cccc2)cc1. The van der Waals surface area contributed by atoms with Crippen molar-refractivity contribution in [1.82, 2.24) is 4.57 Å². The molecule has 0 spiro atoms. The van der Waals surface area contributed by atoms with Gasteiger partial charge in [0.25, 0.3) is 0 Å². The maximum atomic E-state index is 4.50. The van der Waals surface area contributed by atoms with Gasteiger partial charge in [0.15, 0.2) is 0 Å². The maximum absolute atomic E-state index is 4.50. The van der Waals surface area contributed by atoms with Crippen LogP contribution in [0.4, 0.5) is 0 Å². The van der Waals surface area contributed by atoms with E-state index in [1.807, 2.05) is 42.7 Å². The molecule has 1 heterocycles. The van der Waals surface area contributed by atoms with E-state index in [1.165, 1.54) is 12.7 Å². The molecule has 1 aromatic heterocycles. The number of aromatic nitrogens is 1. The van der Waals surface area contributed by atoms with Crippen molar-refractivity contribution in [2.75, 3.05) is 7.05 Å². The maximum Gasteiger partial charge on any atom is 0.0449 e. The summed E-state index contributed by atoms with van der Waals surface area (Å²) in [5, 5.41) is 0. The molecule has 68 valence electrons. The molecule has 2 nitrogen and oxygen atoms in total. The first-order valence-corrected chi connectivity index (χ1v) is 4.23. The van der Waals surface area contributed by atoms with Gasteiger partial charge in [0.05, 0.1) is 0 Å². The van der Waals surface area contributed by atoms with Crippen LogP contribution in [0.3, 0.4) is 0 Å². The first-order chi connectivity index (χ1) is 6.47. The highest BCUT2D eigenvalue weighted by Gasteiger charge is 1.88. The molecule has 0 saturated heterocycles. The van der Waals surface area contributed by atoms with Crippen LogP contribution in [0, 0.1) is 0 Å². The van der Waals surface area contributed by atoms with Gasteiger partial charge in [-0.1, -0.05) is 18.2 Å². The van der Waals surface area contributed by atoms with Gasteiger partial charge in [0.1, 0.15) is 0 Å². The highest BCUT2D eigenvalue weighted by atomic mass is 14.9. The van der Waals surface area contributed by atoms with Crippen LogP contribution in [0.15, 0.2) is 54.9 Å². The lowest BCUT2D eigenvalue weighted by molar-refractivity contribution is 1.08. The lowest BCUT2D eigenvalue weighted by Gasteiger charge is -1.99. The molecule has 0 radical (unpaired) electrons. The molecule has 0 unspecified atom stereocenters. The van der Waals surface area contributed by atoms with E-state index in [-0.39, 0.29) is 0 Å². The molecule has 2 N–H and O–H groups in total. The third-order valence-corrected chi connectivity index (χ3v) is 1.66. The molecule has 0 atom stereocenters. The summed E-state index contributed by atoms with van der Waals surface area (Å²) in [5.41, 5.74) is 5.71. The van der Waals surface area contributed by atoms with Gasteiger partial charge in [-0.25, -0.2) is 0 Å². The third-order valence-electron chi connectivity index (χ3n) is 1.66. The number of hydrogen-bond acceptors (Lipinski definition) is 1. The van der Waals surface area contributed by atoms with Crippen molar-refractivity contribution >= 4 is 0 Å². The van der Waals surface area contributed by atoms with Gasteiger partial charge in [0.2, 0.25) is 0 Å². The second kappa shape index (κ2) is 5.17. The molecule has 13 heavy (non-hydrogen) atoms. The molecule has 0 saturated carbocycles. The molecule has 0 aliphatic carbocycles. The Labute approximate surface area is 78.6 Å². The fourth-order valence-electron chi connectivity index (χ4n) is 1.11. The zero-order valence-corrected chi connectivity index (χ0v) is 7.72. The number of rotatable bonds is 1. The summed E-state index contributed by atoms with van der Waals surface area (Å²) in [6.07, 6.45) is 4.07. The van der Waals surface area contributed by atoms with E-state index >= 15 is 0 Å². The zero-order valence-electron chi connectivity index (χ0n) is 7.72. The highest BCUT2D eigenvalue weighted by molar-refractivity contribution is 5.31. The Morgan fingerprint density at radius 3 is 1.92 bits per heavy atom. The smallest absolute Gasteiger partial charge is 0.0449 e. The molecular weight excluding hydrogens is 160 g/mol. The highest BCUT2D eigenvalue weighted by Crippen LogP contribution is 2.05. The predicted molar refractivity (Wildman–Crippen MR) is 55.9 cm³/mol. The number of nitrogens with zero attached hydrogens (tertiary/aromatic N) is 1. The van der Waals surface area contributed by atoms with Crippen molar-refractivity contribution in [2.45, 2.75) is 0 Å². The molecule has 0 aliphatic heterocycles. The Kier molecular flexibility index (Phi) is 3.79. The molecule has 0 bridgehead atoms. The summed E-state index contributed by atoms with van der Waals surface area (Å²) in [7, 11) is 1.50. The van der Waals surface area contributed by atoms with E-state index < -0.39 is 0 Å². The van der Waals surface area contributed by atoms with Gasteiger partial charge < -0.3 is 10.3 Å². The predicted octanol–water partition coefficient (Wildman–Crippen LogP) is 2.05. The zero-order chi connectivity index (χ0) is 9.52. The lowest BCUT2D eigenvalue weighted by Crippen LogP contribution is -1.86. The summed E-state index contributed by atoms with van der Waals surface area (Å²) in [5.74, 6) is 0. The summed E-state index contributed by atoms with van der Waals surface area (Å²) < 4.78 is 2.08. The normalized spacial score (nSPS) is 8.77. The Bertz CT molecular complexity index is 311. The number of nitrogens with two attached hydrogens (primary N) is 1. The molecule has 0 aliphatic rings. The van der Waals surface area contributed by atoms with Crippen LogP contribution in [0.25, 0.3) is 5.69 Å². The van der Waals surface area contributed by atoms with Crippen molar-refractivity contribution in [3.8, 4) is 5.69 Å². The fourth-order valence-corrected chi connectivity index (χ4v) is 1.11. The van der Waals surface area contributed by atoms with Crippen LogP contribution >= 0.6 is 0 Å². The van der Waals surface area contributed by atoms with Crippen LogP contribution in [-0.4, -0.2) is 11.6 Å². The molecule has 1 aromatic carbocycles. The summed E-state index contributed by atoms with van der Waals surface area (Å²) in [6.45, 7) is 0. The first kappa shape index (κ1) is 9.55. The van der Waals surface area contributed by atoms with E-state index in [4.69, 9.17) is 0 Å².